The van der Waals surface area contributed by atoms with E-state index in [1.54, 1.807) is 22.4 Å². The van der Waals surface area contributed by atoms with Crippen molar-refractivity contribution in [2.75, 3.05) is 31.1 Å². The van der Waals surface area contributed by atoms with Crippen molar-refractivity contribution in [1.29, 1.82) is 0 Å². The summed E-state index contributed by atoms with van der Waals surface area (Å²) in [7, 11) is 0. The number of hydrogen-bond acceptors (Lipinski definition) is 4. The number of nitrogens with zero attached hydrogens (tertiary/aromatic N) is 3. The largest absolute Gasteiger partial charge is 0.346 e. The molecule has 23 heavy (non-hydrogen) atoms. The molecular formula is C16H17F2N3OS. The summed E-state index contributed by atoms with van der Waals surface area (Å²) in [6.07, 6.45) is 2.48. The van der Waals surface area contributed by atoms with Gasteiger partial charge in [0.15, 0.2) is 16.8 Å². The molecule has 0 atom stereocenters. The van der Waals surface area contributed by atoms with Crippen LogP contribution in [0.5, 0.6) is 0 Å². The van der Waals surface area contributed by atoms with Gasteiger partial charge in [-0.05, 0) is 12.5 Å². The summed E-state index contributed by atoms with van der Waals surface area (Å²) in [4.78, 5) is 20.5. The molecule has 2 heterocycles. The molecule has 0 spiro atoms. The first-order valence-electron chi connectivity index (χ1n) is 7.50. The fourth-order valence-corrected chi connectivity index (χ4v) is 3.39. The van der Waals surface area contributed by atoms with Crippen molar-refractivity contribution < 1.29 is 13.6 Å². The van der Waals surface area contributed by atoms with Gasteiger partial charge < -0.3 is 9.80 Å². The number of benzene rings is 1. The van der Waals surface area contributed by atoms with Crippen molar-refractivity contribution in [3.63, 3.8) is 0 Å². The number of halogens is 2. The summed E-state index contributed by atoms with van der Waals surface area (Å²) in [5.41, 5.74) is 0.107. The highest BCUT2D eigenvalue weighted by Gasteiger charge is 2.21. The van der Waals surface area contributed by atoms with Crippen LogP contribution in [0.2, 0.25) is 0 Å². The standard InChI is InChI=1S/C16H17F2N3OS/c17-13-4-1-3-12(15(13)18)11-14(22)20-6-2-7-21(9-8-20)16-19-5-10-23-16/h1,3-5,10H,2,6-9,11H2. The monoisotopic (exact) mass is 337 g/mol. The normalized spacial score (nSPS) is 15.6. The Balaban J connectivity index is 1.63. The zero-order valence-corrected chi connectivity index (χ0v) is 13.4. The number of anilines is 1. The topological polar surface area (TPSA) is 36.4 Å². The Kier molecular flexibility index (Phi) is 4.85. The first-order valence-corrected chi connectivity index (χ1v) is 8.38. The lowest BCUT2D eigenvalue weighted by molar-refractivity contribution is -0.130. The minimum absolute atomic E-state index is 0.107. The van der Waals surface area contributed by atoms with Crippen molar-refractivity contribution in [3.8, 4) is 0 Å². The average Bonchev–Trinajstić information content (AvgIpc) is 2.96. The van der Waals surface area contributed by atoms with E-state index in [4.69, 9.17) is 0 Å². The van der Waals surface area contributed by atoms with E-state index in [-0.39, 0.29) is 17.9 Å². The summed E-state index contributed by atoms with van der Waals surface area (Å²) in [6.45, 7) is 2.73. The summed E-state index contributed by atoms with van der Waals surface area (Å²) in [5, 5.41) is 2.88. The molecule has 0 N–H and O–H groups in total. The first kappa shape index (κ1) is 15.9. The predicted octanol–water partition coefficient (Wildman–Crippen LogP) is 2.70. The molecule has 1 aliphatic rings. The van der Waals surface area contributed by atoms with Crippen LogP contribution in [-0.2, 0) is 11.2 Å². The highest BCUT2D eigenvalue weighted by Crippen LogP contribution is 2.19. The molecule has 1 aromatic carbocycles. The molecule has 1 fully saturated rings. The molecular weight excluding hydrogens is 320 g/mol. The van der Waals surface area contributed by atoms with Gasteiger partial charge in [-0.25, -0.2) is 13.8 Å². The number of aromatic nitrogens is 1. The molecule has 2 aromatic rings. The number of thiazole rings is 1. The van der Waals surface area contributed by atoms with Crippen LogP contribution in [0.25, 0.3) is 0 Å². The van der Waals surface area contributed by atoms with E-state index < -0.39 is 11.6 Å². The Morgan fingerprint density at radius 3 is 2.87 bits per heavy atom. The van der Waals surface area contributed by atoms with E-state index >= 15 is 0 Å². The van der Waals surface area contributed by atoms with Crippen LogP contribution in [0.3, 0.4) is 0 Å². The molecule has 0 unspecified atom stereocenters. The Morgan fingerprint density at radius 2 is 2.09 bits per heavy atom. The van der Waals surface area contributed by atoms with E-state index in [2.05, 4.69) is 9.88 Å². The van der Waals surface area contributed by atoms with E-state index in [0.717, 1.165) is 24.2 Å². The van der Waals surface area contributed by atoms with E-state index in [1.165, 1.54) is 12.1 Å². The maximum Gasteiger partial charge on any atom is 0.227 e. The first-order chi connectivity index (χ1) is 11.1. The highest BCUT2D eigenvalue weighted by atomic mass is 32.1. The Hall–Kier alpha value is -2.02. The van der Waals surface area contributed by atoms with Crippen molar-refractivity contribution >= 4 is 22.4 Å². The molecule has 0 radical (unpaired) electrons. The fourth-order valence-electron chi connectivity index (χ4n) is 2.69. The summed E-state index contributed by atoms with van der Waals surface area (Å²) < 4.78 is 26.9. The Bertz CT molecular complexity index is 678. The molecule has 1 aromatic heterocycles. The van der Waals surface area contributed by atoms with Crippen LogP contribution >= 0.6 is 11.3 Å². The van der Waals surface area contributed by atoms with Crippen LogP contribution in [0.4, 0.5) is 13.9 Å². The maximum absolute atomic E-state index is 13.7. The Morgan fingerprint density at radius 1 is 1.22 bits per heavy atom. The van der Waals surface area contributed by atoms with Gasteiger partial charge in [0.1, 0.15) is 0 Å². The minimum atomic E-state index is -0.930. The maximum atomic E-state index is 13.7. The van der Waals surface area contributed by atoms with Crippen molar-refractivity contribution in [2.24, 2.45) is 0 Å². The number of carbonyl (C=O) groups excluding carboxylic acids is 1. The van der Waals surface area contributed by atoms with Crippen molar-refractivity contribution in [1.82, 2.24) is 9.88 Å². The van der Waals surface area contributed by atoms with E-state index in [1.807, 2.05) is 5.38 Å². The van der Waals surface area contributed by atoms with Crippen LogP contribution in [-0.4, -0.2) is 42.0 Å². The van der Waals surface area contributed by atoms with Crippen LogP contribution in [0.1, 0.15) is 12.0 Å². The summed E-state index contributed by atoms with van der Waals surface area (Å²) in [6, 6.07) is 3.94. The quantitative estimate of drug-likeness (QED) is 0.864. The lowest BCUT2D eigenvalue weighted by Crippen LogP contribution is -2.36. The third-order valence-electron chi connectivity index (χ3n) is 3.91. The van der Waals surface area contributed by atoms with Crippen molar-refractivity contribution in [2.45, 2.75) is 12.8 Å². The van der Waals surface area contributed by atoms with Gasteiger partial charge in [0, 0.05) is 43.3 Å². The molecule has 4 nitrogen and oxygen atoms in total. The third kappa shape index (κ3) is 3.67. The molecule has 3 rings (SSSR count). The van der Waals surface area contributed by atoms with E-state index in [9.17, 15) is 13.6 Å². The number of rotatable bonds is 3. The van der Waals surface area contributed by atoms with Crippen molar-refractivity contribution in [3.05, 3.63) is 47.0 Å². The van der Waals surface area contributed by atoms with Crippen LogP contribution in [0.15, 0.2) is 29.8 Å². The molecule has 1 aliphatic heterocycles. The lowest BCUT2D eigenvalue weighted by atomic mass is 10.1. The third-order valence-corrected chi connectivity index (χ3v) is 4.74. The fraction of sp³-hybridized carbons (Fsp3) is 0.375. The van der Waals surface area contributed by atoms with Gasteiger partial charge in [0.05, 0.1) is 6.42 Å². The number of carbonyl (C=O) groups is 1. The number of amides is 1. The second-order valence-corrected chi connectivity index (χ2v) is 6.30. The van der Waals surface area contributed by atoms with Gasteiger partial charge in [0.2, 0.25) is 5.91 Å². The van der Waals surface area contributed by atoms with Gasteiger partial charge in [-0.15, -0.1) is 11.3 Å². The summed E-state index contributed by atoms with van der Waals surface area (Å²) >= 11 is 1.57. The second-order valence-electron chi connectivity index (χ2n) is 5.43. The van der Waals surface area contributed by atoms with Crippen LogP contribution < -0.4 is 4.90 Å². The number of hydrogen-bond donors (Lipinski definition) is 0. The molecule has 7 heteroatoms. The van der Waals surface area contributed by atoms with E-state index in [0.29, 0.717) is 19.6 Å². The van der Waals surface area contributed by atoms with Gasteiger partial charge in [-0.1, -0.05) is 12.1 Å². The SMILES string of the molecule is O=C(Cc1cccc(F)c1F)N1CCCN(c2nccs2)CC1. The van der Waals surface area contributed by atoms with Gasteiger partial charge in [-0.2, -0.15) is 0 Å². The molecule has 0 saturated carbocycles. The Labute approximate surface area is 137 Å². The molecule has 122 valence electrons. The van der Waals surface area contributed by atoms with Crippen LogP contribution in [0, 0.1) is 11.6 Å². The van der Waals surface area contributed by atoms with Gasteiger partial charge in [-0.3, -0.25) is 4.79 Å². The molecule has 1 saturated heterocycles. The molecule has 0 bridgehead atoms. The zero-order chi connectivity index (χ0) is 16.2. The average molecular weight is 337 g/mol. The van der Waals surface area contributed by atoms with Gasteiger partial charge in [0.25, 0.3) is 0 Å². The summed E-state index contributed by atoms with van der Waals surface area (Å²) in [5.74, 6) is -2.02. The predicted molar refractivity (Wildman–Crippen MR) is 85.6 cm³/mol. The minimum Gasteiger partial charge on any atom is -0.346 e. The second kappa shape index (κ2) is 7.04. The molecule has 0 aliphatic carbocycles. The zero-order valence-electron chi connectivity index (χ0n) is 12.5. The smallest absolute Gasteiger partial charge is 0.227 e. The van der Waals surface area contributed by atoms with Gasteiger partial charge >= 0.3 is 0 Å². The highest BCUT2D eigenvalue weighted by molar-refractivity contribution is 7.13. The molecule has 1 amide bonds. The lowest BCUT2D eigenvalue weighted by Gasteiger charge is -2.22.